The van der Waals surface area contributed by atoms with Gasteiger partial charge in [-0.1, -0.05) is 17.7 Å². The number of ether oxygens (including phenoxy) is 2. The average Bonchev–Trinajstić information content (AvgIpc) is 2.51. The minimum atomic E-state index is -0.224. The third-order valence-electron chi connectivity index (χ3n) is 3.30. The Hall–Kier alpha value is -1.30. The molecular weight excluding hydrogens is 292 g/mol. The number of amides is 1. The van der Waals surface area contributed by atoms with E-state index >= 15 is 0 Å². The van der Waals surface area contributed by atoms with Crippen molar-refractivity contribution in [1.82, 2.24) is 10.2 Å². The number of rotatable bonds is 6. The van der Waals surface area contributed by atoms with Crippen molar-refractivity contribution in [2.45, 2.75) is 12.5 Å². The SMILES string of the molecule is CN(CCCOc1cccc(Cl)c1)C(=O)C1COCCN1. The molecule has 0 aliphatic carbocycles. The second-order valence-corrected chi connectivity index (χ2v) is 5.44. The van der Waals surface area contributed by atoms with E-state index in [4.69, 9.17) is 21.1 Å². The first-order chi connectivity index (χ1) is 10.2. The Labute approximate surface area is 130 Å². The lowest BCUT2D eigenvalue weighted by molar-refractivity contribution is -0.135. The van der Waals surface area contributed by atoms with Gasteiger partial charge in [-0.25, -0.2) is 0 Å². The molecule has 1 aromatic carbocycles. The van der Waals surface area contributed by atoms with E-state index in [-0.39, 0.29) is 11.9 Å². The van der Waals surface area contributed by atoms with Crippen LogP contribution in [-0.4, -0.2) is 56.8 Å². The summed E-state index contributed by atoms with van der Waals surface area (Å²) in [6, 6.07) is 7.07. The molecule has 1 N–H and O–H groups in total. The van der Waals surface area contributed by atoms with Crippen LogP contribution in [0.15, 0.2) is 24.3 Å². The molecule has 0 bridgehead atoms. The number of nitrogens with one attached hydrogen (secondary N) is 1. The number of halogens is 1. The number of carbonyl (C=O) groups excluding carboxylic acids is 1. The number of morpholine rings is 1. The number of nitrogens with zero attached hydrogens (tertiary/aromatic N) is 1. The summed E-state index contributed by atoms with van der Waals surface area (Å²) < 4.78 is 10.9. The quantitative estimate of drug-likeness (QED) is 0.810. The number of hydrogen-bond acceptors (Lipinski definition) is 4. The predicted octanol–water partition coefficient (Wildman–Crippen LogP) is 1.56. The van der Waals surface area contributed by atoms with Crippen molar-refractivity contribution in [2.75, 3.05) is 40.0 Å². The van der Waals surface area contributed by atoms with Crippen LogP contribution >= 0.6 is 11.6 Å². The van der Waals surface area contributed by atoms with Crippen LogP contribution in [0.3, 0.4) is 0 Å². The molecule has 0 aromatic heterocycles. The van der Waals surface area contributed by atoms with Gasteiger partial charge in [0.25, 0.3) is 0 Å². The monoisotopic (exact) mass is 312 g/mol. The molecule has 0 saturated carbocycles. The van der Waals surface area contributed by atoms with Gasteiger partial charge in [-0.05, 0) is 24.6 Å². The van der Waals surface area contributed by atoms with Crippen molar-refractivity contribution in [1.29, 1.82) is 0 Å². The first-order valence-electron chi connectivity index (χ1n) is 7.11. The predicted molar refractivity (Wildman–Crippen MR) is 81.8 cm³/mol. The third kappa shape index (κ3) is 5.19. The van der Waals surface area contributed by atoms with Crippen LogP contribution in [0.2, 0.25) is 5.02 Å². The third-order valence-corrected chi connectivity index (χ3v) is 3.53. The lowest BCUT2D eigenvalue weighted by atomic mass is 10.2. The Bertz CT molecular complexity index is 464. The van der Waals surface area contributed by atoms with E-state index < -0.39 is 0 Å². The van der Waals surface area contributed by atoms with Crippen LogP contribution in [0.1, 0.15) is 6.42 Å². The maximum Gasteiger partial charge on any atom is 0.241 e. The normalized spacial score (nSPS) is 18.3. The molecule has 0 spiro atoms. The van der Waals surface area contributed by atoms with Crippen LogP contribution in [0.5, 0.6) is 5.75 Å². The van der Waals surface area contributed by atoms with Crippen molar-refractivity contribution >= 4 is 17.5 Å². The van der Waals surface area contributed by atoms with Gasteiger partial charge in [0.2, 0.25) is 5.91 Å². The minimum absolute atomic E-state index is 0.0671. The second-order valence-electron chi connectivity index (χ2n) is 5.00. The topological polar surface area (TPSA) is 50.8 Å². The Morgan fingerprint density at radius 2 is 2.43 bits per heavy atom. The van der Waals surface area contributed by atoms with E-state index in [0.717, 1.165) is 18.7 Å². The number of hydrogen-bond donors (Lipinski definition) is 1. The Kier molecular flexibility index (Phi) is 6.29. The van der Waals surface area contributed by atoms with Crippen LogP contribution in [0.4, 0.5) is 0 Å². The molecule has 1 aliphatic heterocycles. The summed E-state index contributed by atoms with van der Waals surface area (Å²) >= 11 is 5.88. The Morgan fingerprint density at radius 3 is 3.14 bits per heavy atom. The zero-order valence-corrected chi connectivity index (χ0v) is 12.9. The maximum absolute atomic E-state index is 12.1. The molecule has 6 heteroatoms. The molecule has 1 amide bonds. The first kappa shape index (κ1) is 16.1. The molecule has 116 valence electrons. The molecule has 1 saturated heterocycles. The molecule has 1 aromatic rings. The zero-order chi connectivity index (χ0) is 15.1. The van der Waals surface area contributed by atoms with E-state index in [1.165, 1.54) is 0 Å². The van der Waals surface area contributed by atoms with Gasteiger partial charge in [0.05, 0.1) is 19.8 Å². The van der Waals surface area contributed by atoms with Crippen molar-refractivity contribution < 1.29 is 14.3 Å². The number of carbonyl (C=O) groups is 1. The molecule has 0 radical (unpaired) electrons. The standard InChI is InChI=1S/C15H21ClN2O3/c1-18(15(19)14-11-20-9-6-17-14)7-3-8-21-13-5-2-4-12(16)10-13/h2,4-5,10,14,17H,3,6-9,11H2,1H3. The summed E-state index contributed by atoms with van der Waals surface area (Å²) in [5, 5.41) is 3.82. The molecule has 1 unspecified atom stereocenters. The smallest absolute Gasteiger partial charge is 0.241 e. The van der Waals surface area contributed by atoms with Gasteiger partial charge in [0.15, 0.2) is 0 Å². The summed E-state index contributed by atoms with van der Waals surface area (Å²) in [6.45, 7) is 3.04. The van der Waals surface area contributed by atoms with Crippen LogP contribution < -0.4 is 10.1 Å². The lowest BCUT2D eigenvalue weighted by Gasteiger charge is -2.27. The van der Waals surface area contributed by atoms with Crippen molar-refractivity contribution in [2.24, 2.45) is 0 Å². The summed E-state index contributed by atoms with van der Waals surface area (Å²) in [7, 11) is 1.80. The summed E-state index contributed by atoms with van der Waals surface area (Å²) in [5.74, 6) is 0.816. The molecule has 1 heterocycles. The fraction of sp³-hybridized carbons (Fsp3) is 0.533. The van der Waals surface area contributed by atoms with Gasteiger partial charge >= 0.3 is 0 Å². The number of benzene rings is 1. The van der Waals surface area contributed by atoms with Gasteiger partial charge < -0.3 is 19.7 Å². The Morgan fingerprint density at radius 1 is 1.57 bits per heavy atom. The highest BCUT2D eigenvalue weighted by Gasteiger charge is 2.23. The average molecular weight is 313 g/mol. The maximum atomic E-state index is 12.1. The van der Waals surface area contributed by atoms with Crippen molar-refractivity contribution in [3.63, 3.8) is 0 Å². The Balaban J connectivity index is 1.66. The summed E-state index contributed by atoms with van der Waals surface area (Å²) in [4.78, 5) is 13.8. The molecule has 5 nitrogen and oxygen atoms in total. The molecule has 2 rings (SSSR count). The fourth-order valence-corrected chi connectivity index (χ4v) is 2.33. The zero-order valence-electron chi connectivity index (χ0n) is 12.2. The largest absolute Gasteiger partial charge is 0.493 e. The first-order valence-corrected chi connectivity index (χ1v) is 7.49. The van der Waals surface area contributed by atoms with Gasteiger partial charge in [-0.3, -0.25) is 4.79 Å². The highest BCUT2D eigenvalue weighted by molar-refractivity contribution is 6.30. The van der Waals surface area contributed by atoms with E-state index in [1.807, 2.05) is 12.1 Å². The fourth-order valence-electron chi connectivity index (χ4n) is 2.15. The van der Waals surface area contributed by atoms with E-state index in [1.54, 1.807) is 24.1 Å². The van der Waals surface area contributed by atoms with Crippen LogP contribution in [0.25, 0.3) is 0 Å². The van der Waals surface area contributed by atoms with Crippen LogP contribution in [0, 0.1) is 0 Å². The molecule has 1 fully saturated rings. The van der Waals surface area contributed by atoms with Crippen molar-refractivity contribution in [3.05, 3.63) is 29.3 Å². The van der Waals surface area contributed by atoms with Gasteiger partial charge in [0, 0.05) is 25.2 Å². The molecule has 21 heavy (non-hydrogen) atoms. The molecule has 1 aliphatic rings. The highest BCUT2D eigenvalue weighted by atomic mass is 35.5. The second kappa shape index (κ2) is 8.22. The minimum Gasteiger partial charge on any atom is -0.493 e. The van der Waals surface area contributed by atoms with Gasteiger partial charge in [-0.15, -0.1) is 0 Å². The van der Waals surface area contributed by atoms with Crippen molar-refractivity contribution in [3.8, 4) is 5.75 Å². The highest BCUT2D eigenvalue weighted by Crippen LogP contribution is 2.17. The van der Waals surface area contributed by atoms with E-state index in [2.05, 4.69) is 5.32 Å². The molecular formula is C15H21ClN2O3. The number of likely N-dealkylation sites (N-methyl/N-ethyl adjacent to an activating group) is 1. The van der Waals surface area contributed by atoms with Gasteiger partial charge in [0.1, 0.15) is 11.8 Å². The lowest BCUT2D eigenvalue weighted by Crippen LogP contribution is -2.51. The molecule has 1 atom stereocenters. The van der Waals surface area contributed by atoms with E-state index in [0.29, 0.717) is 31.4 Å². The van der Waals surface area contributed by atoms with E-state index in [9.17, 15) is 4.79 Å². The summed E-state index contributed by atoms with van der Waals surface area (Å²) in [5.41, 5.74) is 0. The van der Waals surface area contributed by atoms with Gasteiger partial charge in [-0.2, -0.15) is 0 Å². The van der Waals surface area contributed by atoms with Crippen LogP contribution in [-0.2, 0) is 9.53 Å². The summed E-state index contributed by atoms with van der Waals surface area (Å²) in [6.07, 6.45) is 0.766.